The van der Waals surface area contributed by atoms with Crippen LogP contribution in [0.5, 0.6) is 5.75 Å². The Morgan fingerprint density at radius 1 is 0.897 bits per heavy atom. The van der Waals surface area contributed by atoms with E-state index in [9.17, 15) is 26.3 Å². The first-order valence-electron chi connectivity index (χ1n) is 8.71. The van der Waals surface area contributed by atoms with Crippen molar-refractivity contribution in [2.75, 3.05) is 26.2 Å². The van der Waals surface area contributed by atoms with Gasteiger partial charge in [-0.05, 0) is 41.5 Å². The highest BCUT2D eigenvalue weighted by molar-refractivity contribution is 9.10. The standard InChI is InChI=1S/C19H17BrF6N2O/c20-15-10-13(9-14(11-15)18(21,22)23)17(28-7-5-27-6-8-28)12-1-3-16(4-2-12)29-19(24,25)26/h1-4,9-11,17,27H,5-8H2/t17-/m0/s1. The highest BCUT2D eigenvalue weighted by atomic mass is 79.9. The first kappa shape index (κ1) is 21.9. The number of nitrogens with zero attached hydrogens (tertiary/aromatic N) is 1. The van der Waals surface area contributed by atoms with Gasteiger partial charge in [0, 0.05) is 30.7 Å². The molecule has 0 aliphatic carbocycles. The lowest BCUT2D eigenvalue weighted by Gasteiger charge is -2.36. The van der Waals surface area contributed by atoms with Gasteiger partial charge in [0.05, 0.1) is 11.6 Å². The third-order valence-corrected chi connectivity index (χ3v) is 4.97. The van der Waals surface area contributed by atoms with Gasteiger partial charge in [-0.25, -0.2) is 0 Å². The summed E-state index contributed by atoms with van der Waals surface area (Å²) in [5, 5.41) is 3.18. The van der Waals surface area contributed by atoms with E-state index in [-0.39, 0.29) is 10.2 Å². The fourth-order valence-electron chi connectivity index (χ4n) is 3.34. The van der Waals surface area contributed by atoms with Crippen LogP contribution in [0.25, 0.3) is 0 Å². The minimum Gasteiger partial charge on any atom is -0.406 e. The maximum absolute atomic E-state index is 13.3. The highest BCUT2D eigenvalue weighted by Gasteiger charge is 2.34. The Hall–Kier alpha value is -1.78. The van der Waals surface area contributed by atoms with Crippen LogP contribution in [0.15, 0.2) is 46.9 Å². The highest BCUT2D eigenvalue weighted by Crippen LogP contribution is 2.37. The first-order valence-corrected chi connectivity index (χ1v) is 9.50. The number of benzene rings is 2. The fraction of sp³-hybridized carbons (Fsp3) is 0.368. The van der Waals surface area contributed by atoms with Crippen LogP contribution in [-0.2, 0) is 6.18 Å². The van der Waals surface area contributed by atoms with Crippen LogP contribution in [0, 0.1) is 0 Å². The molecule has 1 aliphatic rings. The van der Waals surface area contributed by atoms with E-state index in [2.05, 4.69) is 26.0 Å². The van der Waals surface area contributed by atoms with Crippen molar-refractivity contribution in [3.05, 3.63) is 63.6 Å². The molecular formula is C19H17BrF6N2O. The smallest absolute Gasteiger partial charge is 0.406 e. The molecule has 1 heterocycles. The first-order chi connectivity index (χ1) is 13.5. The quantitative estimate of drug-likeness (QED) is 0.593. The number of ether oxygens (including phenoxy) is 1. The number of halogens is 7. The molecule has 0 bridgehead atoms. The minimum absolute atomic E-state index is 0.277. The van der Waals surface area contributed by atoms with Gasteiger partial charge in [0.15, 0.2) is 0 Å². The second-order valence-corrected chi connectivity index (χ2v) is 7.49. The molecule has 1 fully saturated rings. The molecule has 0 saturated carbocycles. The van der Waals surface area contributed by atoms with Crippen molar-refractivity contribution < 1.29 is 31.1 Å². The van der Waals surface area contributed by atoms with Crippen LogP contribution in [-0.4, -0.2) is 37.4 Å². The van der Waals surface area contributed by atoms with E-state index in [0.717, 1.165) is 12.1 Å². The molecule has 0 radical (unpaired) electrons. The molecule has 3 nitrogen and oxygen atoms in total. The number of hydrogen-bond acceptors (Lipinski definition) is 3. The Kier molecular flexibility index (Phi) is 6.45. The molecule has 0 spiro atoms. The lowest BCUT2D eigenvalue weighted by Crippen LogP contribution is -2.45. The summed E-state index contributed by atoms with van der Waals surface area (Å²) in [6.07, 6.45) is -9.33. The van der Waals surface area contributed by atoms with Crippen molar-refractivity contribution in [3.63, 3.8) is 0 Å². The Morgan fingerprint density at radius 2 is 1.52 bits per heavy atom. The van der Waals surface area contributed by atoms with Gasteiger partial charge in [0.2, 0.25) is 0 Å². The Labute approximate surface area is 171 Å². The molecule has 0 aromatic heterocycles. The van der Waals surface area contributed by atoms with Crippen molar-refractivity contribution in [3.8, 4) is 5.75 Å². The van der Waals surface area contributed by atoms with Gasteiger partial charge in [-0.15, -0.1) is 13.2 Å². The van der Waals surface area contributed by atoms with Gasteiger partial charge >= 0.3 is 12.5 Å². The van der Waals surface area contributed by atoms with Crippen LogP contribution < -0.4 is 10.1 Å². The summed E-state index contributed by atoms with van der Waals surface area (Å²) in [5.74, 6) is -0.384. The van der Waals surface area contributed by atoms with E-state index in [1.54, 1.807) is 6.07 Å². The number of hydrogen-bond donors (Lipinski definition) is 1. The lowest BCUT2D eigenvalue weighted by atomic mass is 9.95. The summed E-state index contributed by atoms with van der Waals surface area (Å²) in [5.41, 5.74) is 0.185. The Morgan fingerprint density at radius 3 is 2.07 bits per heavy atom. The van der Waals surface area contributed by atoms with Crippen molar-refractivity contribution in [1.29, 1.82) is 0 Å². The third-order valence-electron chi connectivity index (χ3n) is 4.51. The molecule has 3 rings (SSSR count). The van der Waals surface area contributed by atoms with Gasteiger partial charge in [-0.1, -0.05) is 28.1 Å². The average Bonchev–Trinajstić information content (AvgIpc) is 2.62. The zero-order valence-corrected chi connectivity index (χ0v) is 16.5. The molecule has 0 amide bonds. The van der Waals surface area contributed by atoms with Crippen LogP contribution >= 0.6 is 15.9 Å². The molecule has 1 aliphatic heterocycles. The monoisotopic (exact) mass is 482 g/mol. The van der Waals surface area contributed by atoms with Crippen LogP contribution in [0.3, 0.4) is 0 Å². The van der Waals surface area contributed by atoms with E-state index < -0.39 is 24.1 Å². The summed E-state index contributed by atoms with van der Waals surface area (Å²) < 4.78 is 81.3. The summed E-state index contributed by atoms with van der Waals surface area (Å²) in [6.45, 7) is 2.48. The normalized spacial score (nSPS) is 17.2. The third kappa shape index (κ3) is 5.86. The van der Waals surface area contributed by atoms with Gasteiger partial charge in [0.1, 0.15) is 5.75 Å². The SMILES string of the molecule is FC(F)(F)Oc1ccc([C@@H](c2cc(Br)cc(C(F)(F)F)c2)N2CCNCC2)cc1. The van der Waals surface area contributed by atoms with E-state index >= 15 is 0 Å². The summed E-state index contributed by atoms with van der Waals surface area (Å²) in [7, 11) is 0. The molecule has 10 heteroatoms. The predicted octanol–water partition coefficient (Wildman–Crippen LogP) is 5.36. The number of piperazine rings is 1. The van der Waals surface area contributed by atoms with Gasteiger partial charge < -0.3 is 10.1 Å². The second-order valence-electron chi connectivity index (χ2n) is 6.58. The summed E-state index contributed by atoms with van der Waals surface area (Å²) >= 11 is 3.14. The maximum Gasteiger partial charge on any atom is 0.573 e. The van der Waals surface area contributed by atoms with Crippen molar-refractivity contribution >= 4 is 15.9 Å². The largest absolute Gasteiger partial charge is 0.573 e. The molecule has 158 valence electrons. The Balaban J connectivity index is 2.01. The molecular weight excluding hydrogens is 466 g/mol. The summed E-state index contributed by atoms with van der Waals surface area (Å²) in [6, 6.07) is 8.36. The molecule has 1 saturated heterocycles. The molecule has 29 heavy (non-hydrogen) atoms. The fourth-order valence-corrected chi connectivity index (χ4v) is 3.85. The number of alkyl halides is 6. The van der Waals surface area contributed by atoms with E-state index in [0.29, 0.717) is 37.3 Å². The molecule has 2 aromatic rings. The maximum atomic E-state index is 13.3. The Bertz CT molecular complexity index is 832. The second kappa shape index (κ2) is 8.53. The topological polar surface area (TPSA) is 24.5 Å². The van der Waals surface area contributed by atoms with Crippen LogP contribution in [0.2, 0.25) is 0 Å². The van der Waals surface area contributed by atoms with Crippen LogP contribution in [0.1, 0.15) is 22.7 Å². The summed E-state index contributed by atoms with van der Waals surface area (Å²) in [4.78, 5) is 2.00. The van der Waals surface area contributed by atoms with Gasteiger partial charge in [0.25, 0.3) is 0 Å². The van der Waals surface area contributed by atoms with Gasteiger partial charge in [-0.3, -0.25) is 4.90 Å². The predicted molar refractivity (Wildman–Crippen MR) is 98.6 cm³/mol. The van der Waals surface area contributed by atoms with Crippen molar-refractivity contribution in [2.24, 2.45) is 0 Å². The number of nitrogens with one attached hydrogen (secondary N) is 1. The lowest BCUT2D eigenvalue weighted by molar-refractivity contribution is -0.274. The van der Waals surface area contributed by atoms with Gasteiger partial charge in [-0.2, -0.15) is 13.2 Å². The van der Waals surface area contributed by atoms with Crippen LogP contribution in [0.4, 0.5) is 26.3 Å². The molecule has 0 unspecified atom stereocenters. The molecule has 1 N–H and O–H groups in total. The number of rotatable bonds is 4. The zero-order chi connectivity index (χ0) is 21.2. The zero-order valence-electron chi connectivity index (χ0n) is 14.9. The van der Waals surface area contributed by atoms with E-state index in [4.69, 9.17) is 0 Å². The molecule has 2 aromatic carbocycles. The van der Waals surface area contributed by atoms with Crippen molar-refractivity contribution in [1.82, 2.24) is 10.2 Å². The van der Waals surface area contributed by atoms with E-state index in [1.807, 2.05) is 4.90 Å². The average molecular weight is 483 g/mol. The van der Waals surface area contributed by atoms with E-state index in [1.165, 1.54) is 24.3 Å². The molecule has 1 atom stereocenters. The minimum atomic E-state index is -4.81. The van der Waals surface area contributed by atoms with Crippen molar-refractivity contribution in [2.45, 2.75) is 18.6 Å².